The molecule has 0 aliphatic rings. The maximum atomic E-state index is 12.0. The number of thioether (sulfide) groups is 1. The van der Waals surface area contributed by atoms with Gasteiger partial charge in [0, 0.05) is 20.5 Å². The van der Waals surface area contributed by atoms with Gasteiger partial charge in [-0.15, -0.1) is 0 Å². The predicted molar refractivity (Wildman–Crippen MR) is 84.2 cm³/mol. The van der Waals surface area contributed by atoms with E-state index in [1.807, 2.05) is 6.92 Å². The Kier molecular flexibility index (Phi) is 8.39. The Hall–Kier alpha value is -1.24. The lowest BCUT2D eigenvalue weighted by Gasteiger charge is -2.23. The Labute approximate surface area is 131 Å². The van der Waals surface area contributed by atoms with Crippen LogP contribution < -0.4 is 5.32 Å². The van der Waals surface area contributed by atoms with Crippen LogP contribution in [0.3, 0.4) is 0 Å². The molecule has 0 saturated carbocycles. The zero-order valence-electron chi connectivity index (χ0n) is 13.7. The van der Waals surface area contributed by atoms with Crippen LogP contribution in [0.4, 0.5) is 4.79 Å². The highest BCUT2D eigenvalue weighted by Crippen LogP contribution is 2.12. The second-order valence-corrected chi connectivity index (χ2v) is 7.05. The van der Waals surface area contributed by atoms with E-state index in [1.54, 1.807) is 34.9 Å². The van der Waals surface area contributed by atoms with Gasteiger partial charge in [0.05, 0.1) is 0 Å². The second-order valence-electron chi connectivity index (χ2n) is 5.78. The first-order chi connectivity index (χ1) is 9.56. The third-order valence-corrected chi connectivity index (χ3v) is 3.27. The molecule has 0 aromatic heterocycles. The molecular weight excluding hydrogens is 292 g/mol. The number of amides is 2. The van der Waals surface area contributed by atoms with Crippen molar-refractivity contribution in [3.8, 4) is 0 Å². The standard InChI is InChI=1S/C14H26N2O4S/c1-7-21-12(18)10(8-9-11(17)16(5)6)15-13(19)20-14(2,3)4/h10H,7-9H2,1-6H3,(H,15,19)/t10-/m0/s1. The van der Waals surface area contributed by atoms with Crippen molar-refractivity contribution in [2.75, 3.05) is 19.8 Å². The first kappa shape index (κ1) is 19.8. The van der Waals surface area contributed by atoms with Crippen molar-refractivity contribution in [1.82, 2.24) is 10.2 Å². The molecule has 0 rings (SSSR count). The monoisotopic (exact) mass is 318 g/mol. The maximum absolute atomic E-state index is 12.0. The largest absolute Gasteiger partial charge is 0.444 e. The second kappa shape index (κ2) is 8.92. The number of alkyl carbamates (subject to hydrolysis) is 1. The van der Waals surface area contributed by atoms with Crippen LogP contribution in [0.1, 0.15) is 40.5 Å². The van der Waals surface area contributed by atoms with E-state index in [2.05, 4.69) is 5.32 Å². The minimum Gasteiger partial charge on any atom is -0.444 e. The van der Waals surface area contributed by atoms with Gasteiger partial charge in [0.2, 0.25) is 11.0 Å². The topological polar surface area (TPSA) is 75.7 Å². The van der Waals surface area contributed by atoms with Crippen molar-refractivity contribution in [2.45, 2.75) is 52.2 Å². The smallest absolute Gasteiger partial charge is 0.408 e. The first-order valence-electron chi connectivity index (χ1n) is 6.93. The highest BCUT2D eigenvalue weighted by Gasteiger charge is 2.25. The van der Waals surface area contributed by atoms with Gasteiger partial charge in [-0.1, -0.05) is 18.7 Å². The fourth-order valence-corrected chi connectivity index (χ4v) is 2.10. The molecule has 2 amide bonds. The SMILES string of the molecule is CCSC(=O)[C@H](CCC(=O)N(C)C)NC(=O)OC(C)(C)C. The zero-order valence-corrected chi connectivity index (χ0v) is 14.5. The van der Waals surface area contributed by atoms with Crippen LogP contribution >= 0.6 is 11.8 Å². The van der Waals surface area contributed by atoms with Gasteiger partial charge in [-0.3, -0.25) is 9.59 Å². The average molecular weight is 318 g/mol. The van der Waals surface area contributed by atoms with Crippen molar-refractivity contribution in [1.29, 1.82) is 0 Å². The lowest BCUT2D eigenvalue weighted by Crippen LogP contribution is -2.43. The molecule has 0 aromatic carbocycles. The predicted octanol–water partition coefficient (Wildman–Crippen LogP) is 2.03. The van der Waals surface area contributed by atoms with E-state index in [4.69, 9.17) is 4.74 Å². The van der Waals surface area contributed by atoms with Crippen molar-refractivity contribution in [3.05, 3.63) is 0 Å². The Morgan fingerprint density at radius 2 is 1.81 bits per heavy atom. The zero-order chi connectivity index (χ0) is 16.6. The highest BCUT2D eigenvalue weighted by atomic mass is 32.2. The van der Waals surface area contributed by atoms with E-state index >= 15 is 0 Å². The highest BCUT2D eigenvalue weighted by molar-refractivity contribution is 8.13. The summed E-state index contributed by atoms with van der Waals surface area (Å²) in [5.74, 6) is 0.535. The van der Waals surface area contributed by atoms with E-state index in [9.17, 15) is 14.4 Å². The number of hydrogen-bond donors (Lipinski definition) is 1. The van der Waals surface area contributed by atoms with Gasteiger partial charge in [-0.25, -0.2) is 4.79 Å². The summed E-state index contributed by atoms with van der Waals surface area (Å²) in [7, 11) is 3.31. The number of ether oxygens (including phenoxy) is 1. The van der Waals surface area contributed by atoms with Gasteiger partial charge in [0.25, 0.3) is 0 Å². The van der Waals surface area contributed by atoms with Crippen LogP contribution in [-0.2, 0) is 14.3 Å². The van der Waals surface area contributed by atoms with Crippen molar-refractivity contribution >= 4 is 28.9 Å². The molecule has 0 aromatic rings. The number of hydrogen-bond acceptors (Lipinski definition) is 5. The molecule has 1 N–H and O–H groups in total. The molecule has 0 bridgehead atoms. The number of nitrogens with zero attached hydrogens (tertiary/aromatic N) is 1. The maximum Gasteiger partial charge on any atom is 0.408 e. The third kappa shape index (κ3) is 9.33. The Morgan fingerprint density at radius 3 is 2.24 bits per heavy atom. The molecule has 0 fully saturated rings. The van der Waals surface area contributed by atoms with E-state index in [-0.39, 0.29) is 23.9 Å². The van der Waals surface area contributed by atoms with Gasteiger partial charge in [0.1, 0.15) is 11.6 Å². The number of carbonyl (C=O) groups is 3. The molecule has 0 spiro atoms. The minimum atomic E-state index is -0.714. The van der Waals surface area contributed by atoms with Gasteiger partial charge >= 0.3 is 6.09 Å². The third-order valence-electron chi connectivity index (χ3n) is 2.41. The summed E-state index contributed by atoms with van der Waals surface area (Å²) in [5, 5.41) is 2.39. The molecule has 0 unspecified atom stereocenters. The van der Waals surface area contributed by atoms with E-state index in [1.165, 1.54) is 4.90 Å². The van der Waals surface area contributed by atoms with Crippen molar-refractivity contribution in [3.63, 3.8) is 0 Å². The van der Waals surface area contributed by atoms with Crippen molar-refractivity contribution in [2.24, 2.45) is 0 Å². The summed E-state index contributed by atoms with van der Waals surface area (Å²) in [6.07, 6.45) is -0.180. The van der Waals surface area contributed by atoms with Crippen LogP contribution in [0.25, 0.3) is 0 Å². The number of carbonyl (C=O) groups excluding carboxylic acids is 3. The average Bonchev–Trinajstić information content (AvgIpc) is 2.31. The molecule has 122 valence electrons. The summed E-state index contributed by atoms with van der Waals surface area (Å²) in [6.45, 7) is 7.11. The summed E-state index contributed by atoms with van der Waals surface area (Å²) in [5.41, 5.74) is -0.630. The van der Waals surface area contributed by atoms with Gasteiger partial charge < -0.3 is 15.0 Å². The van der Waals surface area contributed by atoms with Crippen LogP contribution in [0.15, 0.2) is 0 Å². The van der Waals surface area contributed by atoms with Gasteiger partial charge in [-0.05, 0) is 32.9 Å². The summed E-state index contributed by atoms with van der Waals surface area (Å²) in [6, 6.07) is -0.714. The molecule has 0 saturated heterocycles. The molecule has 7 heteroatoms. The quantitative estimate of drug-likeness (QED) is 0.811. The number of rotatable bonds is 6. The normalized spacial score (nSPS) is 12.5. The fourth-order valence-electron chi connectivity index (χ4n) is 1.43. The molecule has 0 aliphatic carbocycles. The minimum absolute atomic E-state index is 0.0831. The van der Waals surface area contributed by atoms with Crippen LogP contribution in [0.5, 0.6) is 0 Å². The molecular formula is C14H26N2O4S. The van der Waals surface area contributed by atoms with Gasteiger partial charge in [0.15, 0.2) is 0 Å². The first-order valence-corrected chi connectivity index (χ1v) is 7.91. The Balaban J connectivity index is 4.63. The Bertz CT molecular complexity index is 378. The van der Waals surface area contributed by atoms with E-state index < -0.39 is 17.7 Å². The summed E-state index contributed by atoms with van der Waals surface area (Å²) in [4.78, 5) is 36.8. The molecule has 1 atom stereocenters. The van der Waals surface area contributed by atoms with Crippen LogP contribution in [-0.4, -0.2) is 53.5 Å². The summed E-state index contributed by atoms with van der Waals surface area (Å²) < 4.78 is 5.14. The lowest BCUT2D eigenvalue weighted by atomic mass is 10.1. The number of nitrogens with one attached hydrogen (secondary N) is 1. The molecule has 6 nitrogen and oxygen atoms in total. The van der Waals surface area contributed by atoms with E-state index in [0.29, 0.717) is 5.75 Å². The lowest BCUT2D eigenvalue weighted by molar-refractivity contribution is -0.129. The van der Waals surface area contributed by atoms with Crippen molar-refractivity contribution < 1.29 is 19.1 Å². The van der Waals surface area contributed by atoms with E-state index in [0.717, 1.165) is 11.8 Å². The molecule has 21 heavy (non-hydrogen) atoms. The fraction of sp³-hybridized carbons (Fsp3) is 0.786. The molecule has 0 heterocycles. The van der Waals surface area contributed by atoms with Gasteiger partial charge in [-0.2, -0.15) is 0 Å². The Morgan fingerprint density at radius 1 is 1.24 bits per heavy atom. The molecule has 0 radical (unpaired) electrons. The van der Waals surface area contributed by atoms with Crippen LogP contribution in [0, 0.1) is 0 Å². The van der Waals surface area contributed by atoms with Crippen LogP contribution in [0.2, 0.25) is 0 Å². The summed E-state index contributed by atoms with van der Waals surface area (Å²) >= 11 is 1.13. The molecule has 0 aliphatic heterocycles.